The number of hydrogen-bond acceptors (Lipinski definition) is 5. The summed E-state index contributed by atoms with van der Waals surface area (Å²) in [4.78, 5) is 30.1. The molecule has 0 fully saturated rings. The van der Waals surface area contributed by atoms with Gasteiger partial charge >= 0.3 is 0 Å². The first-order valence-electron chi connectivity index (χ1n) is 9.39. The summed E-state index contributed by atoms with van der Waals surface area (Å²) in [5.41, 5.74) is 2.39. The maximum absolute atomic E-state index is 12.9. The number of nitrogens with one attached hydrogen (secondary N) is 2. The van der Waals surface area contributed by atoms with Gasteiger partial charge in [0.05, 0.1) is 25.0 Å². The molecule has 2 aromatic carbocycles. The quantitative estimate of drug-likeness (QED) is 0.474. The van der Waals surface area contributed by atoms with E-state index in [1.165, 1.54) is 11.3 Å². The number of aromatic nitrogens is 1. The SMILES string of the molecule is O=C(CNC(=O)c1sc(-c2ccccc2)nc1-c1ccccc1)NCc1ccco1. The van der Waals surface area contributed by atoms with Gasteiger partial charge < -0.3 is 15.1 Å². The Kier molecular flexibility index (Phi) is 6.01. The van der Waals surface area contributed by atoms with Gasteiger partial charge in [0.2, 0.25) is 5.91 Å². The molecule has 0 aliphatic rings. The van der Waals surface area contributed by atoms with Crippen molar-refractivity contribution in [3.05, 3.63) is 89.7 Å². The predicted octanol–water partition coefficient (Wildman–Crippen LogP) is 4.12. The molecule has 150 valence electrons. The topological polar surface area (TPSA) is 84.2 Å². The van der Waals surface area contributed by atoms with E-state index in [9.17, 15) is 9.59 Å². The van der Waals surface area contributed by atoms with Gasteiger partial charge in [0.25, 0.3) is 5.91 Å². The number of carbonyl (C=O) groups excluding carboxylic acids is 2. The summed E-state index contributed by atoms with van der Waals surface area (Å²) >= 11 is 1.31. The summed E-state index contributed by atoms with van der Waals surface area (Å²) in [6.45, 7) is 0.141. The maximum Gasteiger partial charge on any atom is 0.264 e. The highest BCUT2D eigenvalue weighted by Gasteiger charge is 2.20. The smallest absolute Gasteiger partial charge is 0.264 e. The Balaban J connectivity index is 1.50. The largest absolute Gasteiger partial charge is 0.467 e. The maximum atomic E-state index is 12.9. The third-order valence-electron chi connectivity index (χ3n) is 4.35. The molecule has 0 saturated heterocycles. The van der Waals surface area contributed by atoms with Gasteiger partial charge in [-0.2, -0.15) is 0 Å². The summed E-state index contributed by atoms with van der Waals surface area (Å²) in [6.07, 6.45) is 1.54. The van der Waals surface area contributed by atoms with Crippen molar-refractivity contribution >= 4 is 23.2 Å². The van der Waals surface area contributed by atoms with Crippen molar-refractivity contribution in [2.24, 2.45) is 0 Å². The van der Waals surface area contributed by atoms with E-state index < -0.39 is 0 Å². The Morgan fingerprint density at radius 1 is 0.867 bits per heavy atom. The Morgan fingerprint density at radius 3 is 2.23 bits per heavy atom. The van der Waals surface area contributed by atoms with Gasteiger partial charge in [0.1, 0.15) is 15.6 Å². The standard InChI is InChI=1S/C23H19N3O3S/c27-19(24-14-18-12-7-13-29-18)15-25-22(28)21-20(16-8-3-1-4-9-16)26-23(30-21)17-10-5-2-6-11-17/h1-13H,14-15H2,(H,24,27)(H,25,28). The number of nitrogens with zero attached hydrogens (tertiary/aromatic N) is 1. The van der Waals surface area contributed by atoms with E-state index in [4.69, 9.17) is 9.40 Å². The molecule has 4 aromatic rings. The molecule has 0 spiro atoms. The van der Waals surface area contributed by atoms with Crippen LogP contribution in [-0.4, -0.2) is 23.3 Å². The zero-order valence-electron chi connectivity index (χ0n) is 16.0. The zero-order valence-corrected chi connectivity index (χ0v) is 16.8. The van der Waals surface area contributed by atoms with Crippen molar-refractivity contribution in [3.63, 3.8) is 0 Å². The van der Waals surface area contributed by atoms with Crippen LogP contribution in [0.5, 0.6) is 0 Å². The van der Waals surface area contributed by atoms with Crippen LogP contribution in [0.4, 0.5) is 0 Å². The summed E-state index contributed by atoms with van der Waals surface area (Å²) in [7, 11) is 0. The van der Waals surface area contributed by atoms with Crippen molar-refractivity contribution in [3.8, 4) is 21.8 Å². The van der Waals surface area contributed by atoms with Crippen LogP contribution in [0.15, 0.2) is 83.5 Å². The lowest BCUT2D eigenvalue weighted by atomic mass is 10.1. The molecule has 0 atom stereocenters. The molecule has 0 bridgehead atoms. The van der Waals surface area contributed by atoms with Crippen LogP contribution >= 0.6 is 11.3 Å². The molecular weight excluding hydrogens is 398 g/mol. The highest BCUT2D eigenvalue weighted by molar-refractivity contribution is 7.17. The molecule has 4 rings (SSSR count). The van der Waals surface area contributed by atoms with Crippen LogP contribution < -0.4 is 10.6 Å². The van der Waals surface area contributed by atoms with Crippen molar-refractivity contribution in [1.82, 2.24) is 15.6 Å². The summed E-state index contributed by atoms with van der Waals surface area (Å²) in [5.74, 6) is 0.0199. The van der Waals surface area contributed by atoms with Gasteiger partial charge in [-0.05, 0) is 12.1 Å². The molecule has 30 heavy (non-hydrogen) atoms. The third kappa shape index (κ3) is 4.64. The molecule has 2 aromatic heterocycles. The second-order valence-electron chi connectivity index (χ2n) is 6.47. The van der Waals surface area contributed by atoms with E-state index in [-0.39, 0.29) is 24.9 Å². The van der Waals surface area contributed by atoms with Crippen molar-refractivity contribution in [1.29, 1.82) is 0 Å². The van der Waals surface area contributed by atoms with E-state index in [1.807, 2.05) is 60.7 Å². The summed E-state index contributed by atoms with van der Waals surface area (Å²) in [6, 6.07) is 22.8. The average Bonchev–Trinajstić information content (AvgIpc) is 3.47. The fourth-order valence-electron chi connectivity index (χ4n) is 2.87. The first-order valence-corrected chi connectivity index (χ1v) is 10.2. The molecule has 0 saturated carbocycles. The summed E-state index contributed by atoms with van der Waals surface area (Å²) in [5, 5.41) is 6.15. The fourth-order valence-corrected chi connectivity index (χ4v) is 3.88. The number of hydrogen-bond donors (Lipinski definition) is 2. The first-order chi connectivity index (χ1) is 14.7. The van der Waals surface area contributed by atoms with E-state index >= 15 is 0 Å². The van der Waals surface area contributed by atoms with Crippen LogP contribution in [0.1, 0.15) is 15.4 Å². The van der Waals surface area contributed by atoms with Crippen molar-refractivity contribution in [2.45, 2.75) is 6.54 Å². The molecule has 0 unspecified atom stereocenters. The van der Waals surface area contributed by atoms with E-state index in [0.717, 1.165) is 16.1 Å². The van der Waals surface area contributed by atoms with Crippen LogP contribution in [0.2, 0.25) is 0 Å². The van der Waals surface area contributed by atoms with Gasteiger partial charge in [-0.3, -0.25) is 9.59 Å². The second-order valence-corrected chi connectivity index (χ2v) is 7.47. The highest BCUT2D eigenvalue weighted by atomic mass is 32.1. The minimum atomic E-state index is -0.332. The van der Waals surface area contributed by atoms with Gasteiger partial charge in [-0.25, -0.2) is 4.98 Å². The number of amides is 2. The molecule has 0 aliphatic carbocycles. The Bertz CT molecular complexity index is 1120. The van der Waals surface area contributed by atoms with Gasteiger partial charge in [0, 0.05) is 11.1 Å². The first kappa shape index (κ1) is 19.6. The normalized spacial score (nSPS) is 10.5. The number of thiazole rings is 1. The number of benzene rings is 2. The highest BCUT2D eigenvalue weighted by Crippen LogP contribution is 2.33. The van der Waals surface area contributed by atoms with Crippen molar-refractivity contribution in [2.75, 3.05) is 6.54 Å². The lowest BCUT2D eigenvalue weighted by Crippen LogP contribution is -2.36. The van der Waals surface area contributed by atoms with E-state index in [0.29, 0.717) is 16.3 Å². The van der Waals surface area contributed by atoms with E-state index in [1.54, 1.807) is 18.4 Å². The molecule has 2 heterocycles. The Morgan fingerprint density at radius 2 is 1.57 bits per heavy atom. The van der Waals surface area contributed by atoms with Gasteiger partial charge in [-0.1, -0.05) is 60.7 Å². The van der Waals surface area contributed by atoms with Crippen LogP contribution in [-0.2, 0) is 11.3 Å². The van der Waals surface area contributed by atoms with Gasteiger partial charge in [0.15, 0.2) is 0 Å². The summed E-state index contributed by atoms with van der Waals surface area (Å²) < 4.78 is 5.18. The van der Waals surface area contributed by atoms with Crippen molar-refractivity contribution < 1.29 is 14.0 Å². The monoisotopic (exact) mass is 417 g/mol. The van der Waals surface area contributed by atoms with Gasteiger partial charge in [-0.15, -0.1) is 11.3 Å². The lowest BCUT2D eigenvalue weighted by molar-refractivity contribution is -0.120. The molecule has 0 radical (unpaired) electrons. The van der Waals surface area contributed by atoms with Crippen LogP contribution in [0.25, 0.3) is 21.8 Å². The van der Waals surface area contributed by atoms with Crippen LogP contribution in [0, 0.1) is 0 Å². The molecule has 0 aliphatic heterocycles. The number of rotatable bonds is 7. The zero-order chi connectivity index (χ0) is 20.8. The third-order valence-corrected chi connectivity index (χ3v) is 5.45. The molecule has 2 amide bonds. The molecule has 2 N–H and O–H groups in total. The molecular formula is C23H19N3O3S. The minimum Gasteiger partial charge on any atom is -0.467 e. The molecule has 6 nitrogen and oxygen atoms in total. The average molecular weight is 417 g/mol. The molecule has 7 heteroatoms. The second kappa shape index (κ2) is 9.19. The Hall–Kier alpha value is -3.71. The number of carbonyl (C=O) groups is 2. The lowest BCUT2D eigenvalue weighted by Gasteiger charge is -2.06. The van der Waals surface area contributed by atoms with E-state index in [2.05, 4.69) is 10.6 Å². The number of furan rings is 1. The predicted molar refractivity (Wildman–Crippen MR) is 116 cm³/mol. The minimum absolute atomic E-state index is 0.133. The Labute approximate surface area is 177 Å². The van der Waals surface area contributed by atoms with Crippen LogP contribution in [0.3, 0.4) is 0 Å². The fraction of sp³-hybridized carbons (Fsp3) is 0.0870.